The van der Waals surface area contributed by atoms with Gasteiger partial charge < -0.3 is 22.3 Å². The molecule has 0 radical (unpaired) electrons. The standard InChI is InChI=1S/C17H12F3N3OS.BrH/c18-17(19,20)12-3-1-4-13(9-12)22-16(24)10-23-7-6-14(21-11-23)15-5-2-8-25-15;/h1-9,11H,10H2;1H. The van der Waals surface area contributed by atoms with Crippen molar-refractivity contribution in [2.45, 2.75) is 12.7 Å². The van der Waals surface area contributed by atoms with E-state index in [2.05, 4.69) is 10.3 Å². The summed E-state index contributed by atoms with van der Waals surface area (Å²) < 4.78 is 39.6. The summed E-state index contributed by atoms with van der Waals surface area (Å²) in [6.45, 7) is -0.0477. The largest absolute Gasteiger partial charge is 1.00 e. The van der Waals surface area contributed by atoms with Crippen molar-refractivity contribution < 1.29 is 39.5 Å². The minimum atomic E-state index is -4.45. The molecule has 0 fully saturated rings. The molecule has 1 aromatic carbocycles. The smallest absolute Gasteiger partial charge is 0.416 e. The van der Waals surface area contributed by atoms with Crippen LogP contribution in [0.5, 0.6) is 0 Å². The van der Waals surface area contributed by atoms with Crippen LogP contribution in [0, 0.1) is 0 Å². The second-order valence-electron chi connectivity index (χ2n) is 5.22. The number of hydrogen-bond acceptors (Lipinski definition) is 3. The van der Waals surface area contributed by atoms with E-state index < -0.39 is 17.6 Å². The summed E-state index contributed by atoms with van der Waals surface area (Å²) in [5.41, 5.74) is 0.0908. The zero-order chi connectivity index (χ0) is 17.9. The molecule has 0 atom stereocenters. The molecule has 0 saturated heterocycles. The molecule has 2 aromatic heterocycles. The van der Waals surface area contributed by atoms with Gasteiger partial charge in [0.1, 0.15) is 0 Å². The van der Waals surface area contributed by atoms with Crippen LogP contribution in [0.4, 0.5) is 18.9 Å². The van der Waals surface area contributed by atoms with Gasteiger partial charge >= 0.3 is 6.18 Å². The number of aromatic nitrogens is 2. The van der Waals surface area contributed by atoms with E-state index in [0.29, 0.717) is 0 Å². The Morgan fingerprint density at radius 3 is 2.62 bits per heavy atom. The molecule has 1 N–H and O–H groups in total. The fraction of sp³-hybridized carbons (Fsp3) is 0.118. The predicted molar refractivity (Wildman–Crippen MR) is 87.8 cm³/mol. The van der Waals surface area contributed by atoms with Crippen LogP contribution in [0.3, 0.4) is 0 Å². The van der Waals surface area contributed by atoms with E-state index in [4.69, 9.17) is 0 Å². The van der Waals surface area contributed by atoms with Gasteiger partial charge in [0.2, 0.25) is 0 Å². The molecule has 9 heteroatoms. The van der Waals surface area contributed by atoms with Gasteiger partial charge in [-0.05, 0) is 34.6 Å². The van der Waals surface area contributed by atoms with Crippen LogP contribution in [0.2, 0.25) is 0 Å². The molecule has 1 amide bonds. The summed E-state index contributed by atoms with van der Waals surface area (Å²) in [5.74, 6) is -0.435. The Balaban J connectivity index is 0.00000243. The molecule has 0 unspecified atom stereocenters. The van der Waals surface area contributed by atoms with Gasteiger partial charge in [-0.1, -0.05) is 12.1 Å². The SMILES string of the molecule is O=C(C[n+]1ccc(-c2cccs2)nc1)Nc1cccc(C(F)(F)F)c1.[Br-]. The highest BCUT2D eigenvalue weighted by Crippen LogP contribution is 2.30. The molecule has 3 rings (SSSR count). The Morgan fingerprint density at radius 1 is 1.19 bits per heavy atom. The molecule has 3 aromatic rings. The highest BCUT2D eigenvalue weighted by Gasteiger charge is 2.30. The second kappa shape index (κ2) is 8.41. The Kier molecular flexibility index (Phi) is 6.49. The molecule has 136 valence electrons. The number of carbonyl (C=O) groups is 1. The van der Waals surface area contributed by atoms with Gasteiger partial charge in [0.25, 0.3) is 12.2 Å². The fourth-order valence-corrected chi connectivity index (χ4v) is 2.89. The van der Waals surface area contributed by atoms with Crippen molar-refractivity contribution in [3.63, 3.8) is 0 Å². The summed E-state index contributed by atoms with van der Waals surface area (Å²) >= 11 is 1.56. The zero-order valence-corrected chi connectivity index (χ0v) is 15.6. The number of nitrogens with zero attached hydrogens (tertiary/aromatic N) is 2. The number of halogens is 4. The molecule has 4 nitrogen and oxygen atoms in total. The van der Waals surface area contributed by atoms with Crippen LogP contribution in [0.25, 0.3) is 10.6 Å². The van der Waals surface area contributed by atoms with E-state index in [1.54, 1.807) is 28.2 Å². The number of rotatable bonds is 4. The van der Waals surface area contributed by atoms with Gasteiger partial charge in [-0.25, -0.2) is 4.57 Å². The predicted octanol–water partition coefficient (Wildman–Crippen LogP) is 0.759. The molecule has 0 bridgehead atoms. The lowest BCUT2D eigenvalue weighted by molar-refractivity contribution is -0.686. The number of carbonyl (C=O) groups excluding carboxylic acids is 1. The van der Waals surface area contributed by atoms with Crippen LogP contribution >= 0.6 is 11.3 Å². The maximum absolute atomic E-state index is 12.7. The number of nitrogens with one attached hydrogen (secondary N) is 1. The van der Waals surface area contributed by atoms with Crippen molar-refractivity contribution in [3.05, 3.63) is 65.9 Å². The molecule has 0 aliphatic rings. The van der Waals surface area contributed by atoms with Crippen LogP contribution in [0.1, 0.15) is 5.56 Å². The van der Waals surface area contributed by atoms with Crippen LogP contribution < -0.4 is 26.9 Å². The summed E-state index contributed by atoms with van der Waals surface area (Å²) in [6.07, 6.45) is -1.23. The lowest BCUT2D eigenvalue weighted by Gasteiger charge is -2.09. The Bertz CT molecular complexity index is 868. The normalized spacial score (nSPS) is 10.9. The van der Waals surface area contributed by atoms with E-state index in [1.807, 2.05) is 17.5 Å². The zero-order valence-electron chi connectivity index (χ0n) is 13.2. The van der Waals surface area contributed by atoms with Crippen LogP contribution in [-0.4, -0.2) is 10.9 Å². The van der Waals surface area contributed by atoms with E-state index in [-0.39, 0.29) is 29.2 Å². The number of anilines is 1. The Hall–Kier alpha value is -2.26. The molecule has 0 aliphatic carbocycles. The Morgan fingerprint density at radius 2 is 2.00 bits per heavy atom. The summed E-state index contributed by atoms with van der Waals surface area (Å²) in [4.78, 5) is 17.3. The van der Waals surface area contributed by atoms with Crippen molar-refractivity contribution in [1.29, 1.82) is 0 Å². The van der Waals surface area contributed by atoms with E-state index in [0.717, 1.165) is 22.7 Å². The maximum Gasteiger partial charge on any atom is 0.416 e. The van der Waals surface area contributed by atoms with E-state index >= 15 is 0 Å². The van der Waals surface area contributed by atoms with Gasteiger partial charge in [-0.3, -0.25) is 4.79 Å². The second-order valence-corrected chi connectivity index (χ2v) is 6.17. The third-order valence-electron chi connectivity index (χ3n) is 3.34. The van der Waals surface area contributed by atoms with Gasteiger partial charge in [-0.2, -0.15) is 13.2 Å². The van der Waals surface area contributed by atoms with Crippen molar-refractivity contribution >= 4 is 22.9 Å². The van der Waals surface area contributed by atoms with Crippen LogP contribution in [0.15, 0.2) is 60.4 Å². The van der Waals surface area contributed by atoms with Crippen molar-refractivity contribution in [2.24, 2.45) is 0 Å². The third-order valence-corrected chi connectivity index (χ3v) is 4.23. The quantitative estimate of drug-likeness (QED) is 0.605. The number of amides is 1. The third kappa shape index (κ3) is 5.12. The monoisotopic (exact) mass is 443 g/mol. The van der Waals surface area contributed by atoms with Crippen molar-refractivity contribution in [1.82, 2.24) is 4.98 Å². The first-order chi connectivity index (χ1) is 11.9. The lowest BCUT2D eigenvalue weighted by Crippen LogP contribution is -3.00. The highest BCUT2D eigenvalue weighted by atomic mass is 79.9. The molecule has 0 spiro atoms. The highest BCUT2D eigenvalue weighted by molar-refractivity contribution is 7.13. The van der Waals surface area contributed by atoms with E-state index in [9.17, 15) is 18.0 Å². The molecule has 0 saturated carbocycles. The first-order valence-electron chi connectivity index (χ1n) is 7.28. The van der Waals surface area contributed by atoms with Gasteiger partial charge in [0.05, 0.1) is 16.6 Å². The molecule has 2 heterocycles. The first kappa shape index (κ1) is 20.1. The molecular weight excluding hydrogens is 431 g/mol. The number of alkyl halides is 3. The number of hydrogen-bond donors (Lipinski definition) is 1. The lowest BCUT2D eigenvalue weighted by atomic mass is 10.2. The van der Waals surface area contributed by atoms with E-state index in [1.165, 1.54) is 18.5 Å². The number of benzene rings is 1. The van der Waals surface area contributed by atoms with Crippen LogP contribution in [-0.2, 0) is 17.5 Å². The summed E-state index contributed by atoms with van der Waals surface area (Å²) in [6, 6.07) is 10.2. The molecule has 0 aliphatic heterocycles. The molecule has 26 heavy (non-hydrogen) atoms. The van der Waals surface area contributed by atoms with Gasteiger partial charge in [0.15, 0.2) is 12.2 Å². The fourth-order valence-electron chi connectivity index (χ4n) is 2.19. The Labute approximate surface area is 162 Å². The maximum atomic E-state index is 12.7. The topological polar surface area (TPSA) is 45.9 Å². The average Bonchev–Trinajstić information content (AvgIpc) is 3.09. The van der Waals surface area contributed by atoms with Gasteiger partial charge in [0, 0.05) is 11.8 Å². The minimum Gasteiger partial charge on any atom is -1.00 e. The average molecular weight is 444 g/mol. The minimum absolute atomic E-state index is 0. The van der Waals surface area contributed by atoms with Gasteiger partial charge in [-0.15, -0.1) is 11.3 Å². The number of thiophene rings is 1. The van der Waals surface area contributed by atoms with Crippen molar-refractivity contribution in [2.75, 3.05) is 5.32 Å². The van der Waals surface area contributed by atoms with Crippen molar-refractivity contribution in [3.8, 4) is 10.6 Å². The molecular formula is C17H13BrF3N3OS. The summed E-state index contributed by atoms with van der Waals surface area (Å²) in [7, 11) is 0. The first-order valence-corrected chi connectivity index (χ1v) is 8.16. The summed E-state index contributed by atoms with van der Waals surface area (Å²) in [5, 5.41) is 4.40.